The summed E-state index contributed by atoms with van der Waals surface area (Å²) in [6.07, 6.45) is 2.86. The number of sulfone groups is 1. The van der Waals surface area contributed by atoms with E-state index < -0.39 is 9.84 Å². The van der Waals surface area contributed by atoms with E-state index in [0.29, 0.717) is 18.1 Å². The predicted octanol–water partition coefficient (Wildman–Crippen LogP) is 3.99. The van der Waals surface area contributed by atoms with E-state index >= 15 is 0 Å². The Morgan fingerprint density at radius 3 is 2.20 bits per heavy atom. The van der Waals surface area contributed by atoms with Gasteiger partial charge < -0.3 is 4.90 Å². The molecule has 0 atom stereocenters. The minimum absolute atomic E-state index is 0.136. The molecule has 0 radical (unpaired) electrons. The molecule has 4 rings (SSSR count). The van der Waals surface area contributed by atoms with Crippen LogP contribution in [0.5, 0.6) is 0 Å². The molecule has 30 heavy (non-hydrogen) atoms. The molecular weight excluding hydrogens is 398 g/mol. The van der Waals surface area contributed by atoms with Crippen molar-refractivity contribution in [2.75, 3.05) is 11.2 Å². The second kappa shape index (κ2) is 7.87. The summed E-state index contributed by atoms with van der Waals surface area (Å²) < 4.78 is 26.4. The molecule has 7 nitrogen and oxygen atoms in total. The van der Waals surface area contributed by atoms with Crippen LogP contribution in [0.15, 0.2) is 72.0 Å². The van der Waals surface area contributed by atoms with Crippen molar-refractivity contribution in [2.24, 2.45) is 0 Å². The first-order valence-electron chi connectivity index (χ1n) is 9.67. The highest BCUT2D eigenvalue weighted by molar-refractivity contribution is 7.90. The Bertz CT molecular complexity index is 1270. The smallest absolute Gasteiger partial charge is 0.252 e. The maximum absolute atomic E-state index is 12.4. The number of rotatable bonds is 6. The van der Waals surface area contributed by atoms with Crippen molar-refractivity contribution in [3.8, 4) is 0 Å². The van der Waals surface area contributed by atoms with Crippen LogP contribution in [-0.2, 0) is 16.4 Å². The van der Waals surface area contributed by atoms with Crippen molar-refractivity contribution in [1.29, 1.82) is 0 Å². The normalized spacial score (nSPS) is 11.9. The van der Waals surface area contributed by atoms with Crippen LogP contribution in [0.1, 0.15) is 30.9 Å². The summed E-state index contributed by atoms with van der Waals surface area (Å²) in [5, 5.41) is 4.30. The highest BCUT2D eigenvalue weighted by Gasteiger charge is 2.24. The maximum Gasteiger partial charge on any atom is 0.252 e. The average Bonchev–Trinajstić information content (AvgIpc) is 3.17. The minimum atomic E-state index is -3.62. The fraction of sp³-hybridized carbons (Fsp3) is 0.227. The summed E-state index contributed by atoms with van der Waals surface area (Å²) in [5.41, 5.74) is 3.31. The van der Waals surface area contributed by atoms with Gasteiger partial charge in [0, 0.05) is 17.5 Å². The zero-order valence-corrected chi connectivity index (χ0v) is 17.9. The van der Waals surface area contributed by atoms with Crippen molar-refractivity contribution in [3.63, 3.8) is 0 Å². The van der Waals surface area contributed by atoms with Crippen LogP contribution >= 0.6 is 0 Å². The number of hydrogen-bond acceptors (Lipinski definition) is 6. The molecule has 0 saturated heterocycles. The number of fused-ring (bicyclic) bond motifs is 1. The van der Waals surface area contributed by atoms with Gasteiger partial charge in [0.05, 0.1) is 12.7 Å². The van der Waals surface area contributed by atoms with Crippen molar-refractivity contribution < 1.29 is 8.42 Å². The minimum Gasteiger partial charge on any atom is -0.306 e. The number of aromatic nitrogens is 4. The van der Waals surface area contributed by atoms with E-state index in [1.807, 2.05) is 79.4 Å². The van der Waals surface area contributed by atoms with Gasteiger partial charge in [0.25, 0.3) is 5.16 Å². The van der Waals surface area contributed by atoms with E-state index in [-0.39, 0.29) is 11.1 Å². The van der Waals surface area contributed by atoms with Crippen LogP contribution in [0, 0.1) is 0 Å². The standard InChI is InChI=1S/C22H23N5O2S/c1-16(2)19-14-23-27-20(19)24-21(30(3,28)29)25-22(27)26(18-12-8-5-9-13-18)15-17-10-6-4-7-11-17/h4-14,16H,15H2,1-3H3. The molecule has 0 fully saturated rings. The largest absolute Gasteiger partial charge is 0.306 e. The van der Waals surface area contributed by atoms with Crippen LogP contribution in [0.3, 0.4) is 0 Å². The molecule has 0 bridgehead atoms. The lowest BCUT2D eigenvalue weighted by Crippen LogP contribution is -2.23. The Morgan fingerprint density at radius 1 is 0.967 bits per heavy atom. The molecule has 0 spiro atoms. The zero-order valence-electron chi connectivity index (χ0n) is 17.1. The maximum atomic E-state index is 12.4. The Balaban J connectivity index is 1.99. The Hall–Kier alpha value is -3.26. The average molecular weight is 422 g/mol. The van der Waals surface area contributed by atoms with Gasteiger partial charge in [0.1, 0.15) is 0 Å². The first-order chi connectivity index (χ1) is 14.3. The zero-order chi connectivity index (χ0) is 21.3. The van der Waals surface area contributed by atoms with Gasteiger partial charge in [-0.05, 0) is 23.6 Å². The first-order valence-corrected chi connectivity index (χ1v) is 11.6. The molecule has 0 aliphatic carbocycles. The van der Waals surface area contributed by atoms with Gasteiger partial charge in [0.2, 0.25) is 15.8 Å². The lowest BCUT2D eigenvalue weighted by Gasteiger charge is -2.24. The van der Waals surface area contributed by atoms with Gasteiger partial charge in [-0.1, -0.05) is 62.4 Å². The molecule has 8 heteroatoms. The topological polar surface area (TPSA) is 80.5 Å². The lowest BCUT2D eigenvalue weighted by atomic mass is 10.1. The fourth-order valence-corrected chi connectivity index (χ4v) is 3.76. The summed E-state index contributed by atoms with van der Waals surface area (Å²) in [6, 6.07) is 19.7. The van der Waals surface area contributed by atoms with E-state index in [4.69, 9.17) is 0 Å². The van der Waals surface area contributed by atoms with E-state index in [9.17, 15) is 8.42 Å². The number of benzene rings is 2. The van der Waals surface area contributed by atoms with Crippen LogP contribution < -0.4 is 4.90 Å². The highest BCUT2D eigenvalue weighted by Crippen LogP contribution is 2.29. The van der Waals surface area contributed by atoms with Crippen molar-refractivity contribution >= 4 is 27.1 Å². The summed E-state index contributed by atoms with van der Waals surface area (Å²) in [7, 11) is -3.62. The Kier molecular flexibility index (Phi) is 5.26. The van der Waals surface area contributed by atoms with Crippen molar-refractivity contribution in [3.05, 3.63) is 78.0 Å². The Morgan fingerprint density at radius 2 is 1.60 bits per heavy atom. The van der Waals surface area contributed by atoms with Gasteiger partial charge in [-0.2, -0.15) is 19.6 Å². The molecule has 154 valence electrons. The quantitative estimate of drug-likeness (QED) is 0.468. The molecule has 0 N–H and O–H groups in total. The van der Waals surface area contributed by atoms with Crippen LogP contribution in [-0.4, -0.2) is 34.3 Å². The second-order valence-corrected chi connectivity index (χ2v) is 9.39. The van der Waals surface area contributed by atoms with Crippen LogP contribution in [0.2, 0.25) is 0 Å². The van der Waals surface area contributed by atoms with Crippen molar-refractivity contribution in [1.82, 2.24) is 19.6 Å². The van der Waals surface area contributed by atoms with Gasteiger partial charge in [-0.3, -0.25) is 0 Å². The molecule has 2 aromatic heterocycles. The third-order valence-corrected chi connectivity index (χ3v) is 5.65. The molecular formula is C22H23N5O2S. The van der Waals surface area contributed by atoms with Gasteiger partial charge >= 0.3 is 0 Å². The second-order valence-electron chi connectivity index (χ2n) is 7.48. The van der Waals surface area contributed by atoms with Gasteiger partial charge in [0.15, 0.2) is 5.65 Å². The Labute approximate surface area is 176 Å². The first kappa shape index (κ1) is 20.0. The number of hydrogen-bond donors (Lipinski definition) is 0. The number of para-hydroxylation sites is 1. The monoisotopic (exact) mass is 421 g/mol. The predicted molar refractivity (Wildman–Crippen MR) is 117 cm³/mol. The summed E-state index contributed by atoms with van der Waals surface area (Å²) in [5.74, 6) is 0.541. The molecule has 0 saturated carbocycles. The molecule has 0 unspecified atom stereocenters. The van der Waals surface area contributed by atoms with E-state index in [1.54, 1.807) is 10.7 Å². The molecule has 2 aromatic carbocycles. The fourth-order valence-electron chi connectivity index (χ4n) is 3.26. The van der Waals surface area contributed by atoms with E-state index in [1.165, 1.54) is 0 Å². The van der Waals surface area contributed by atoms with Crippen molar-refractivity contribution in [2.45, 2.75) is 31.5 Å². The molecule has 2 heterocycles. The van der Waals surface area contributed by atoms with E-state index in [2.05, 4.69) is 15.1 Å². The summed E-state index contributed by atoms with van der Waals surface area (Å²) in [4.78, 5) is 10.7. The number of nitrogens with zero attached hydrogens (tertiary/aromatic N) is 5. The number of anilines is 2. The third kappa shape index (κ3) is 3.91. The van der Waals surface area contributed by atoms with Gasteiger partial charge in [-0.15, -0.1) is 0 Å². The van der Waals surface area contributed by atoms with Gasteiger partial charge in [-0.25, -0.2) is 8.42 Å². The molecule has 0 aliphatic heterocycles. The van der Waals surface area contributed by atoms with Crippen LogP contribution in [0.25, 0.3) is 5.65 Å². The molecule has 0 aliphatic rings. The summed E-state index contributed by atoms with van der Waals surface area (Å²) in [6.45, 7) is 4.55. The molecule has 4 aromatic rings. The third-order valence-electron chi connectivity index (χ3n) is 4.80. The lowest BCUT2D eigenvalue weighted by molar-refractivity contribution is 0.591. The highest BCUT2D eigenvalue weighted by atomic mass is 32.2. The van der Waals surface area contributed by atoms with Crippen LogP contribution in [0.4, 0.5) is 11.6 Å². The summed E-state index contributed by atoms with van der Waals surface area (Å²) >= 11 is 0. The van der Waals surface area contributed by atoms with E-state index in [0.717, 1.165) is 23.1 Å². The SMILES string of the molecule is CC(C)c1cnn2c(N(Cc3ccccc3)c3ccccc3)nc(S(C)(=O)=O)nc12. The molecule has 0 amide bonds.